The van der Waals surface area contributed by atoms with Crippen molar-refractivity contribution in [1.29, 1.82) is 0 Å². The van der Waals surface area contributed by atoms with E-state index in [0.717, 1.165) is 0 Å². The van der Waals surface area contributed by atoms with Gasteiger partial charge in [0.2, 0.25) is 11.8 Å². The molecule has 4 rings (SSSR count). The van der Waals surface area contributed by atoms with Gasteiger partial charge in [-0.05, 0) is 56.9 Å². The van der Waals surface area contributed by atoms with Crippen molar-refractivity contribution in [3.8, 4) is 0 Å². The standard InChI is InChI=1S/C35H50N2O6/c1-9-12-21-42-31(41)27-26-29(39)37(25(22-38)24-16-14-13-15-17-24)28(35(26)19-18-34(27,11-3)43-35)30(40)36(20-10-2)33(7,8)23-32(4,5)6/h9-10,13-17,25-28,38H,1-2,11-12,18-23H2,3-8H3/t25-,26+,27-,28?,34+,35?/m1/s1. The second kappa shape index (κ2) is 12.2. The summed E-state index contributed by atoms with van der Waals surface area (Å²) in [5, 5.41) is 10.8. The summed E-state index contributed by atoms with van der Waals surface area (Å²) in [5.41, 5.74) is -2.09. The Morgan fingerprint density at radius 2 is 1.84 bits per heavy atom. The van der Waals surface area contributed by atoms with Crippen LogP contribution in [0.5, 0.6) is 0 Å². The molecule has 6 atom stereocenters. The van der Waals surface area contributed by atoms with Gasteiger partial charge in [-0.15, -0.1) is 13.2 Å². The minimum absolute atomic E-state index is 0.0816. The Labute approximate surface area is 257 Å². The molecule has 1 aromatic rings. The van der Waals surface area contributed by atoms with Gasteiger partial charge in [0.1, 0.15) is 17.6 Å². The van der Waals surface area contributed by atoms with Crippen molar-refractivity contribution in [3.63, 3.8) is 0 Å². The van der Waals surface area contributed by atoms with Gasteiger partial charge in [0.15, 0.2) is 0 Å². The Morgan fingerprint density at radius 1 is 1.16 bits per heavy atom. The van der Waals surface area contributed by atoms with Crippen molar-refractivity contribution in [2.24, 2.45) is 17.3 Å². The third-order valence-corrected chi connectivity index (χ3v) is 9.64. The zero-order valence-electron chi connectivity index (χ0n) is 26.8. The van der Waals surface area contributed by atoms with Crippen molar-refractivity contribution in [2.75, 3.05) is 19.8 Å². The molecule has 3 fully saturated rings. The summed E-state index contributed by atoms with van der Waals surface area (Å²) in [5.74, 6) is -2.84. The lowest BCUT2D eigenvalue weighted by Gasteiger charge is -2.46. The summed E-state index contributed by atoms with van der Waals surface area (Å²) in [6.45, 7) is 20.2. The highest BCUT2D eigenvalue weighted by atomic mass is 16.6. The highest BCUT2D eigenvalue weighted by Gasteiger charge is 2.80. The summed E-state index contributed by atoms with van der Waals surface area (Å²) >= 11 is 0. The first-order valence-corrected chi connectivity index (χ1v) is 15.6. The van der Waals surface area contributed by atoms with E-state index >= 15 is 4.79 Å². The van der Waals surface area contributed by atoms with Crippen LogP contribution in [0.1, 0.15) is 85.3 Å². The third kappa shape index (κ3) is 5.68. The second-order valence-corrected chi connectivity index (χ2v) is 14.2. The smallest absolute Gasteiger partial charge is 0.312 e. The summed E-state index contributed by atoms with van der Waals surface area (Å²) in [6.07, 6.45) is 6.09. The molecule has 0 aliphatic carbocycles. The van der Waals surface area contributed by atoms with Gasteiger partial charge >= 0.3 is 5.97 Å². The number of amides is 2. The van der Waals surface area contributed by atoms with E-state index in [1.807, 2.05) is 51.1 Å². The van der Waals surface area contributed by atoms with Crippen LogP contribution in [0, 0.1) is 17.3 Å². The molecule has 8 nitrogen and oxygen atoms in total. The molecular formula is C35H50N2O6. The molecule has 3 aliphatic heterocycles. The molecule has 0 radical (unpaired) electrons. The molecular weight excluding hydrogens is 544 g/mol. The predicted octanol–water partition coefficient (Wildman–Crippen LogP) is 5.22. The molecule has 2 unspecified atom stereocenters. The Balaban J connectivity index is 1.88. The van der Waals surface area contributed by atoms with Crippen molar-refractivity contribution in [1.82, 2.24) is 9.80 Å². The highest BCUT2D eigenvalue weighted by molar-refractivity contribution is 5.99. The largest absolute Gasteiger partial charge is 0.465 e. The van der Waals surface area contributed by atoms with Gasteiger partial charge in [0, 0.05) is 12.1 Å². The molecule has 3 aliphatic rings. The second-order valence-electron chi connectivity index (χ2n) is 14.2. The first-order valence-electron chi connectivity index (χ1n) is 15.6. The fourth-order valence-electron chi connectivity index (χ4n) is 8.30. The molecule has 1 spiro atoms. The number of hydrogen-bond donors (Lipinski definition) is 1. The summed E-state index contributed by atoms with van der Waals surface area (Å²) in [4.78, 5) is 46.9. The predicted molar refractivity (Wildman–Crippen MR) is 166 cm³/mol. The van der Waals surface area contributed by atoms with E-state index in [0.29, 0.717) is 37.7 Å². The van der Waals surface area contributed by atoms with Gasteiger partial charge < -0.3 is 24.4 Å². The summed E-state index contributed by atoms with van der Waals surface area (Å²) < 4.78 is 12.6. The number of likely N-dealkylation sites (tertiary alicyclic amines) is 1. The van der Waals surface area contributed by atoms with Crippen LogP contribution < -0.4 is 0 Å². The molecule has 2 amide bonds. The Kier molecular flexibility index (Phi) is 9.34. The van der Waals surface area contributed by atoms with Gasteiger partial charge in [-0.3, -0.25) is 14.4 Å². The number of benzene rings is 1. The lowest BCUT2D eigenvalue weighted by Crippen LogP contribution is -2.61. The number of hydrogen-bond acceptors (Lipinski definition) is 6. The number of rotatable bonds is 13. The van der Waals surface area contributed by atoms with Crippen molar-refractivity contribution in [3.05, 3.63) is 61.2 Å². The number of carbonyl (C=O) groups is 3. The maximum absolute atomic E-state index is 15.1. The number of aliphatic hydroxyl groups is 1. The van der Waals surface area contributed by atoms with Crippen LogP contribution in [0.2, 0.25) is 0 Å². The maximum atomic E-state index is 15.1. The molecule has 2 bridgehead atoms. The summed E-state index contributed by atoms with van der Waals surface area (Å²) in [6, 6.07) is 7.42. The van der Waals surface area contributed by atoms with Gasteiger partial charge in [-0.2, -0.15) is 0 Å². The molecule has 1 aromatic carbocycles. The topological polar surface area (TPSA) is 96.4 Å². The van der Waals surface area contributed by atoms with Crippen LogP contribution in [-0.4, -0.2) is 75.2 Å². The minimum atomic E-state index is -1.23. The number of ether oxygens (including phenoxy) is 2. The molecule has 1 N–H and O–H groups in total. The molecule has 43 heavy (non-hydrogen) atoms. The average Bonchev–Trinajstić information content (AvgIpc) is 3.55. The molecule has 0 aromatic heterocycles. The molecule has 236 valence electrons. The Morgan fingerprint density at radius 3 is 2.40 bits per heavy atom. The highest BCUT2D eigenvalue weighted by Crippen LogP contribution is 2.65. The van der Waals surface area contributed by atoms with E-state index < -0.39 is 46.6 Å². The molecule has 3 saturated heterocycles. The van der Waals surface area contributed by atoms with Crippen LogP contribution in [0.15, 0.2) is 55.6 Å². The lowest BCUT2D eigenvalue weighted by atomic mass is 9.65. The van der Waals surface area contributed by atoms with Crippen LogP contribution in [0.4, 0.5) is 0 Å². The van der Waals surface area contributed by atoms with E-state index in [1.165, 1.54) is 4.90 Å². The third-order valence-electron chi connectivity index (χ3n) is 9.64. The number of esters is 1. The van der Waals surface area contributed by atoms with E-state index in [1.54, 1.807) is 17.1 Å². The normalized spacial score (nSPS) is 28.9. The fourth-order valence-corrected chi connectivity index (χ4v) is 8.30. The molecule has 0 saturated carbocycles. The van der Waals surface area contributed by atoms with Crippen LogP contribution in [-0.2, 0) is 23.9 Å². The zero-order chi connectivity index (χ0) is 31.8. The molecule has 8 heteroatoms. The van der Waals surface area contributed by atoms with Gasteiger partial charge in [0.25, 0.3) is 0 Å². The van der Waals surface area contributed by atoms with E-state index in [2.05, 4.69) is 33.9 Å². The van der Waals surface area contributed by atoms with E-state index in [9.17, 15) is 14.7 Å². The van der Waals surface area contributed by atoms with E-state index in [-0.39, 0.29) is 37.0 Å². The van der Waals surface area contributed by atoms with Crippen LogP contribution in [0.3, 0.4) is 0 Å². The Hall–Kier alpha value is -2.97. The SMILES string of the molecule is C=CCCOC(=O)[C@H]1[C@H]2C(=O)N([C@H](CO)c3ccccc3)C(C(=O)N(CC=C)C(C)(C)CC(C)(C)C)C23CC[C@]1(CC)O3. The number of fused-ring (bicyclic) bond motifs is 1. The first kappa shape index (κ1) is 32.9. The minimum Gasteiger partial charge on any atom is -0.465 e. The number of nitrogens with zero attached hydrogens (tertiary/aromatic N) is 2. The van der Waals surface area contributed by atoms with Crippen molar-refractivity contribution in [2.45, 2.75) is 102 Å². The number of carbonyl (C=O) groups excluding carboxylic acids is 3. The van der Waals surface area contributed by atoms with Gasteiger partial charge in [-0.25, -0.2) is 0 Å². The average molecular weight is 595 g/mol. The molecule has 3 heterocycles. The number of aliphatic hydroxyl groups excluding tert-OH is 1. The van der Waals surface area contributed by atoms with Crippen LogP contribution in [0.25, 0.3) is 0 Å². The van der Waals surface area contributed by atoms with Crippen LogP contribution >= 0.6 is 0 Å². The van der Waals surface area contributed by atoms with E-state index in [4.69, 9.17) is 9.47 Å². The van der Waals surface area contributed by atoms with Gasteiger partial charge in [-0.1, -0.05) is 70.2 Å². The van der Waals surface area contributed by atoms with Gasteiger partial charge in [0.05, 0.1) is 30.8 Å². The monoisotopic (exact) mass is 594 g/mol. The summed E-state index contributed by atoms with van der Waals surface area (Å²) in [7, 11) is 0. The fraction of sp³-hybridized carbons (Fsp3) is 0.629. The lowest BCUT2D eigenvalue weighted by molar-refractivity contribution is -0.165. The zero-order valence-corrected chi connectivity index (χ0v) is 26.8. The Bertz CT molecular complexity index is 1220. The van der Waals surface area contributed by atoms with Crippen molar-refractivity contribution >= 4 is 17.8 Å². The maximum Gasteiger partial charge on any atom is 0.312 e. The van der Waals surface area contributed by atoms with Crippen molar-refractivity contribution < 1.29 is 29.0 Å². The first-order chi connectivity index (χ1) is 20.2. The quantitative estimate of drug-likeness (QED) is 0.191.